The second-order valence-electron chi connectivity index (χ2n) is 5.69. The molecule has 0 unspecified atom stereocenters. The van der Waals surface area contributed by atoms with Crippen LogP contribution < -0.4 is 9.64 Å². The van der Waals surface area contributed by atoms with Gasteiger partial charge in [0.2, 0.25) is 0 Å². The molecule has 0 aliphatic rings. The van der Waals surface area contributed by atoms with E-state index in [1.165, 1.54) is 24.3 Å². The van der Waals surface area contributed by atoms with Gasteiger partial charge >= 0.3 is 0 Å². The predicted molar refractivity (Wildman–Crippen MR) is 98.9 cm³/mol. The lowest BCUT2D eigenvalue weighted by atomic mass is 10.1. The minimum absolute atomic E-state index is 0.141. The molecule has 0 bridgehead atoms. The van der Waals surface area contributed by atoms with E-state index in [9.17, 15) is 9.18 Å². The number of rotatable bonds is 8. The average Bonchev–Trinajstić information content (AvgIpc) is 2.66. The fraction of sp³-hybridized carbons (Fsp3) is 0.350. The first-order chi connectivity index (χ1) is 12.1. The smallest absolute Gasteiger partial charge is 0.258 e. The Bertz CT molecular complexity index is 667. The van der Waals surface area contributed by atoms with Crippen LogP contribution in [-0.4, -0.2) is 44.1 Å². The third-order valence-electron chi connectivity index (χ3n) is 4.25. The molecule has 0 fully saturated rings. The number of nitrogens with zero attached hydrogens (tertiary/aromatic N) is 2. The topological polar surface area (TPSA) is 32.8 Å². The van der Waals surface area contributed by atoms with Crippen molar-refractivity contribution < 1.29 is 13.9 Å². The van der Waals surface area contributed by atoms with Crippen LogP contribution >= 0.6 is 0 Å². The highest BCUT2D eigenvalue weighted by molar-refractivity contribution is 6.06. The number of amides is 1. The molecule has 0 saturated heterocycles. The highest BCUT2D eigenvalue weighted by Crippen LogP contribution is 2.21. The van der Waals surface area contributed by atoms with Crippen LogP contribution in [0.5, 0.6) is 5.75 Å². The zero-order valence-electron chi connectivity index (χ0n) is 15.0. The van der Waals surface area contributed by atoms with E-state index in [2.05, 4.69) is 18.7 Å². The Kier molecular flexibility index (Phi) is 6.95. The maximum absolute atomic E-state index is 13.2. The quantitative estimate of drug-likeness (QED) is 0.730. The van der Waals surface area contributed by atoms with Gasteiger partial charge in [-0.15, -0.1) is 0 Å². The van der Waals surface area contributed by atoms with Gasteiger partial charge in [0.05, 0.1) is 7.11 Å². The number of benzene rings is 2. The molecule has 2 aromatic rings. The Morgan fingerprint density at radius 1 is 0.960 bits per heavy atom. The number of carbonyl (C=O) groups excluding carboxylic acids is 1. The Labute approximate surface area is 148 Å². The maximum atomic E-state index is 13.2. The molecular weight excluding hydrogens is 319 g/mol. The summed E-state index contributed by atoms with van der Waals surface area (Å²) >= 11 is 0. The summed E-state index contributed by atoms with van der Waals surface area (Å²) in [5.74, 6) is 0.245. The molecule has 0 atom stereocenters. The van der Waals surface area contributed by atoms with Gasteiger partial charge in [-0.3, -0.25) is 4.79 Å². The van der Waals surface area contributed by atoms with Crippen molar-refractivity contribution in [3.8, 4) is 5.75 Å². The molecule has 2 rings (SSSR count). The van der Waals surface area contributed by atoms with E-state index in [4.69, 9.17) is 4.74 Å². The van der Waals surface area contributed by atoms with Crippen molar-refractivity contribution in [3.05, 3.63) is 59.9 Å². The SMILES string of the molecule is CCN(CC)CCN(C(=O)c1ccc(F)cc1)c1ccc(OC)cc1. The third-order valence-corrected chi connectivity index (χ3v) is 4.25. The normalized spacial score (nSPS) is 10.8. The van der Waals surface area contributed by atoms with Crippen LogP contribution in [0.1, 0.15) is 24.2 Å². The highest BCUT2D eigenvalue weighted by atomic mass is 19.1. The number of hydrogen-bond donors (Lipinski definition) is 0. The van der Waals surface area contributed by atoms with Gasteiger partial charge in [-0.1, -0.05) is 13.8 Å². The third kappa shape index (κ3) is 5.03. The van der Waals surface area contributed by atoms with Gasteiger partial charge in [-0.2, -0.15) is 0 Å². The lowest BCUT2D eigenvalue weighted by Gasteiger charge is -2.27. The zero-order valence-corrected chi connectivity index (χ0v) is 15.0. The number of ether oxygens (including phenoxy) is 1. The molecule has 0 aliphatic heterocycles. The molecule has 0 N–H and O–H groups in total. The maximum Gasteiger partial charge on any atom is 0.258 e. The van der Waals surface area contributed by atoms with Crippen LogP contribution in [0.4, 0.5) is 10.1 Å². The molecule has 0 aromatic heterocycles. The van der Waals surface area contributed by atoms with Crippen molar-refractivity contribution in [2.24, 2.45) is 0 Å². The van der Waals surface area contributed by atoms with E-state index in [1.54, 1.807) is 12.0 Å². The Balaban J connectivity index is 2.26. The molecule has 25 heavy (non-hydrogen) atoms. The van der Waals surface area contributed by atoms with Gasteiger partial charge in [-0.05, 0) is 61.6 Å². The molecule has 0 radical (unpaired) electrons. The Morgan fingerprint density at radius 3 is 2.08 bits per heavy atom. The predicted octanol–water partition coefficient (Wildman–Crippen LogP) is 3.82. The number of methoxy groups -OCH3 is 1. The fourth-order valence-corrected chi connectivity index (χ4v) is 2.64. The van der Waals surface area contributed by atoms with Gasteiger partial charge in [0.15, 0.2) is 0 Å². The molecule has 2 aromatic carbocycles. The minimum Gasteiger partial charge on any atom is -0.497 e. The van der Waals surface area contributed by atoms with Gasteiger partial charge < -0.3 is 14.5 Å². The summed E-state index contributed by atoms with van der Waals surface area (Å²) in [5.41, 5.74) is 1.26. The summed E-state index contributed by atoms with van der Waals surface area (Å²) in [7, 11) is 1.61. The van der Waals surface area contributed by atoms with E-state index in [-0.39, 0.29) is 11.7 Å². The molecule has 5 heteroatoms. The van der Waals surface area contributed by atoms with Gasteiger partial charge in [0, 0.05) is 24.3 Å². The lowest BCUT2D eigenvalue weighted by molar-refractivity contribution is 0.0983. The second kappa shape index (κ2) is 9.18. The first-order valence-corrected chi connectivity index (χ1v) is 8.52. The molecular formula is C20H25FN2O2. The Hall–Kier alpha value is -2.40. The summed E-state index contributed by atoms with van der Waals surface area (Å²) in [6.07, 6.45) is 0. The van der Waals surface area contributed by atoms with E-state index >= 15 is 0 Å². The lowest BCUT2D eigenvalue weighted by Crippen LogP contribution is -2.38. The van der Waals surface area contributed by atoms with Crippen molar-refractivity contribution >= 4 is 11.6 Å². The summed E-state index contributed by atoms with van der Waals surface area (Å²) in [6, 6.07) is 13.0. The van der Waals surface area contributed by atoms with Crippen LogP contribution in [0.3, 0.4) is 0 Å². The number of carbonyl (C=O) groups is 1. The van der Waals surface area contributed by atoms with Crippen LogP contribution in [0, 0.1) is 5.82 Å². The van der Waals surface area contributed by atoms with Crippen LogP contribution in [0.15, 0.2) is 48.5 Å². The van der Waals surface area contributed by atoms with Gasteiger partial charge in [0.25, 0.3) is 5.91 Å². The summed E-state index contributed by atoms with van der Waals surface area (Å²) in [5, 5.41) is 0. The zero-order chi connectivity index (χ0) is 18.2. The molecule has 0 spiro atoms. The molecule has 0 heterocycles. The van der Waals surface area contributed by atoms with Crippen LogP contribution in [0.25, 0.3) is 0 Å². The molecule has 0 aliphatic carbocycles. The standard InChI is InChI=1S/C20H25FN2O2/c1-4-22(5-2)14-15-23(18-10-12-19(25-3)13-11-18)20(24)16-6-8-17(21)9-7-16/h6-13H,4-5,14-15H2,1-3H3. The van der Waals surface area contributed by atoms with Crippen LogP contribution in [0.2, 0.25) is 0 Å². The van der Waals surface area contributed by atoms with Crippen molar-refractivity contribution in [3.63, 3.8) is 0 Å². The van der Waals surface area contributed by atoms with Gasteiger partial charge in [-0.25, -0.2) is 4.39 Å². The van der Waals surface area contributed by atoms with Crippen molar-refractivity contribution in [1.82, 2.24) is 4.90 Å². The molecule has 4 nitrogen and oxygen atoms in total. The molecule has 1 amide bonds. The number of hydrogen-bond acceptors (Lipinski definition) is 3. The molecule has 0 saturated carbocycles. The largest absolute Gasteiger partial charge is 0.497 e. The fourth-order valence-electron chi connectivity index (χ4n) is 2.64. The minimum atomic E-state index is -0.351. The van der Waals surface area contributed by atoms with Crippen molar-refractivity contribution in [1.29, 1.82) is 0 Å². The number of likely N-dealkylation sites (N-methyl/N-ethyl adjacent to an activating group) is 1. The highest BCUT2D eigenvalue weighted by Gasteiger charge is 2.18. The van der Waals surface area contributed by atoms with Crippen molar-refractivity contribution in [2.75, 3.05) is 38.2 Å². The van der Waals surface area contributed by atoms with Crippen molar-refractivity contribution in [2.45, 2.75) is 13.8 Å². The first kappa shape index (κ1) is 18.9. The Morgan fingerprint density at radius 2 is 1.56 bits per heavy atom. The van der Waals surface area contributed by atoms with E-state index in [0.29, 0.717) is 12.1 Å². The first-order valence-electron chi connectivity index (χ1n) is 8.52. The summed E-state index contributed by atoms with van der Waals surface area (Å²) < 4.78 is 18.3. The van der Waals surface area contributed by atoms with E-state index in [0.717, 1.165) is 31.1 Å². The van der Waals surface area contributed by atoms with Gasteiger partial charge in [0.1, 0.15) is 11.6 Å². The average molecular weight is 344 g/mol. The van der Waals surface area contributed by atoms with E-state index < -0.39 is 0 Å². The second-order valence-corrected chi connectivity index (χ2v) is 5.69. The molecule has 134 valence electrons. The summed E-state index contributed by atoms with van der Waals surface area (Å²) in [4.78, 5) is 16.9. The monoisotopic (exact) mass is 344 g/mol. The van der Waals surface area contributed by atoms with Crippen LogP contribution in [-0.2, 0) is 0 Å². The summed E-state index contributed by atoms with van der Waals surface area (Å²) in [6.45, 7) is 7.39. The number of anilines is 1. The van der Waals surface area contributed by atoms with E-state index in [1.807, 2.05) is 24.3 Å². The number of halogens is 1.